The molecule has 1 N–H and O–H groups in total. The Labute approximate surface area is 115 Å². The van der Waals surface area contributed by atoms with E-state index in [-0.39, 0.29) is 17.4 Å². The first-order chi connectivity index (χ1) is 8.32. The molecule has 0 saturated carbocycles. The standard InChI is InChI=1S/C12H18BrN3O2/c1-12(2,3)8(7-10(17)18-4)15-9-5-6-14-11(13)16-9/h5-6,8H,7H2,1-4H3,(H,14,15,16)/t8-/m1/s1. The summed E-state index contributed by atoms with van der Waals surface area (Å²) in [7, 11) is 1.39. The maximum absolute atomic E-state index is 11.4. The third-order valence-electron chi connectivity index (χ3n) is 2.59. The molecule has 1 heterocycles. The summed E-state index contributed by atoms with van der Waals surface area (Å²) in [6.07, 6.45) is 1.94. The third kappa shape index (κ3) is 4.60. The molecule has 0 aliphatic heterocycles. The molecule has 1 rings (SSSR count). The number of hydrogen-bond acceptors (Lipinski definition) is 5. The van der Waals surface area contributed by atoms with E-state index in [4.69, 9.17) is 4.74 Å². The number of halogens is 1. The van der Waals surface area contributed by atoms with Gasteiger partial charge in [-0.2, -0.15) is 0 Å². The maximum atomic E-state index is 11.4. The average molecular weight is 316 g/mol. The van der Waals surface area contributed by atoms with Crippen LogP contribution in [0.25, 0.3) is 0 Å². The lowest BCUT2D eigenvalue weighted by atomic mass is 9.85. The number of nitrogens with zero attached hydrogens (tertiary/aromatic N) is 2. The van der Waals surface area contributed by atoms with Crippen molar-refractivity contribution < 1.29 is 9.53 Å². The number of nitrogens with one attached hydrogen (secondary N) is 1. The van der Waals surface area contributed by atoms with Crippen molar-refractivity contribution in [2.45, 2.75) is 33.2 Å². The van der Waals surface area contributed by atoms with Gasteiger partial charge in [0.05, 0.1) is 13.5 Å². The highest BCUT2D eigenvalue weighted by atomic mass is 79.9. The Morgan fingerprint density at radius 2 is 2.22 bits per heavy atom. The Morgan fingerprint density at radius 1 is 1.56 bits per heavy atom. The van der Waals surface area contributed by atoms with Crippen molar-refractivity contribution in [2.75, 3.05) is 12.4 Å². The van der Waals surface area contributed by atoms with Gasteiger partial charge < -0.3 is 10.1 Å². The second-order valence-electron chi connectivity index (χ2n) is 5.05. The molecule has 0 aliphatic rings. The molecule has 0 saturated heterocycles. The lowest BCUT2D eigenvalue weighted by Crippen LogP contribution is -2.36. The third-order valence-corrected chi connectivity index (χ3v) is 2.97. The molecule has 0 spiro atoms. The number of esters is 1. The number of hydrogen-bond donors (Lipinski definition) is 1. The fraction of sp³-hybridized carbons (Fsp3) is 0.583. The minimum atomic E-state index is -0.240. The van der Waals surface area contributed by atoms with Crippen LogP contribution in [0.2, 0.25) is 0 Å². The Hall–Kier alpha value is -1.17. The van der Waals surface area contributed by atoms with Gasteiger partial charge in [0.15, 0.2) is 4.73 Å². The van der Waals surface area contributed by atoms with E-state index >= 15 is 0 Å². The molecule has 0 amide bonds. The summed E-state index contributed by atoms with van der Waals surface area (Å²) in [6, 6.07) is 1.70. The fourth-order valence-corrected chi connectivity index (χ4v) is 1.73. The van der Waals surface area contributed by atoms with E-state index in [0.29, 0.717) is 17.0 Å². The van der Waals surface area contributed by atoms with Crippen LogP contribution in [0.3, 0.4) is 0 Å². The Morgan fingerprint density at radius 3 is 2.72 bits per heavy atom. The molecule has 6 heteroatoms. The van der Waals surface area contributed by atoms with Crippen LogP contribution < -0.4 is 5.32 Å². The van der Waals surface area contributed by atoms with Crippen LogP contribution in [-0.2, 0) is 9.53 Å². The Kier molecular flexibility index (Phi) is 5.07. The predicted molar refractivity (Wildman–Crippen MR) is 73.2 cm³/mol. The van der Waals surface area contributed by atoms with Crippen molar-refractivity contribution in [1.82, 2.24) is 9.97 Å². The molecule has 100 valence electrons. The molecule has 0 fully saturated rings. The molecule has 1 aromatic rings. The van der Waals surface area contributed by atoms with Gasteiger partial charge in [-0.1, -0.05) is 20.8 Å². The van der Waals surface area contributed by atoms with Gasteiger partial charge in [0.2, 0.25) is 0 Å². The van der Waals surface area contributed by atoms with Gasteiger partial charge in [-0.25, -0.2) is 9.97 Å². The topological polar surface area (TPSA) is 64.1 Å². The van der Waals surface area contributed by atoms with Gasteiger partial charge in [0, 0.05) is 12.2 Å². The molecule has 0 unspecified atom stereocenters. The van der Waals surface area contributed by atoms with Crippen LogP contribution in [0.5, 0.6) is 0 Å². The van der Waals surface area contributed by atoms with E-state index < -0.39 is 0 Å². The van der Waals surface area contributed by atoms with Gasteiger partial charge in [-0.3, -0.25) is 4.79 Å². The van der Waals surface area contributed by atoms with Gasteiger partial charge in [-0.05, 0) is 27.4 Å². The first-order valence-corrected chi connectivity index (χ1v) is 6.44. The number of anilines is 1. The molecule has 1 atom stereocenters. The number of methoxy groups -OCH3 is 1. The summed E-state index contributed by atoms with van der Waals surface area (Å²) in [4.78, 5) is 19.6. The van der Waals surface area contributed by atoms with Gasteiger partial charge >= 0.3 is 5.97 Å². The number of rotatable bonds is 4. The molecular weight excluding hydrogens is 298 g/mol. The molecule has 0 radical (unpaired) electrons. The monoisotopic (exact) mass is 315 g/mol. The smallest absolute Gasteiger partial charge is 0.307 e. The van der Waals surface area contributed by atoms with Crippen molar-refractivity contribution in [2.24, 2.45) is 5.41 Å². The summed E-state index contributed by atoms with van der Waals surface area (Å²) < 4.78 is 5.23. The van der Waals surface area contributed by atoms with Crippen LogP contribution in [0, 0.1) is 5.41 Å². The maximum Gasteiger partial charge on any atom is 0.307 e. The minimum absolute atomic E-state index is 0.0632. The van der Waals surface area contributed by atoms with Crippen molar-refractivity contribution in [3.8, 4) is 0 Å². The quantitative estimate of drug-likeness (QED) is 0.683. The van der Waals surface area contributed by atoms with E-state index in [9.17, 15) is 4.79 Å². The average Bonchev–Trinajstić information content (AvgIpc) is 2.26. The van der Waals surface area contributed by atoms with Crippen molar-refractivity contribution in [1.29, 1.82) is 0 Å². The predicted octanol–water partition coefficient (Wildman–Crippen LogP) is 2.63. The highest BCUT2D eigenvalue weighted by Gasteiger charge is 2.27. The van der Waals surface area contributed by atoms with Crippen LogP contribution >= 0.6 is 15.9 Å². The van der Waals surface area contributed by atoms with Gasteiger partial charge in [-0.15, -0.1) is 0 Å². The highest BCUT2D eigenvalue weighted by molar-refractivity contribution is 9.10. The highest BCUT2D eigenvalue weighted by Crippen LogP contribution is 2.25. The summed E-state index contributed by atoms with van der Waals surface area (Å²) in [6.45, 7) is 6.18. The van der Waals surface area contributed by atoms with E-state index in [0.717, 1.165) is 0 Å². The second kappa shape index (κ2) is 6.13. The molecule has 0 aliphatic carbocycles. The van der Waals surface area contributed by atoms with Crippen LogP contribution in [0.4, 0.5) is 5.82 Å². The molecule has 18 heavy (non-hydrogen) atoms. The number of carbonyl (C=O) groups excluding carboxylic acids is 1. The Bertz CT molecular complexity index is 418. The molecule has 0 bridgehead atoms. The van der Waals surface area contributed by atoms with E-state index in [1.165, 1.54) is 7.11 Å². The minimum Gasteiger partial charge on any atom is -0.469 e. The zero-order valence-electron chi connectivity index (χ0n) is 11.0. The van der Waals surface area contributed by atoms with E-state index in [1.54, 1.807) is 12.3 Å². The second-order valence-corrected chi connectivity index (χ2v) is 5.76. The van der Waals surface area contributed by atoms with Crippen LogP contribution in [0.1, 0.15) is 27.2 Å². The summed E-state index contributed by atoms with van der Waals surface area (Å²) in [5, 5.41) is 3.24. The first-order valence-electron chi connectivity index (χ1n) is 5.65. The van der Waals surface area contributed by atoms with E-state index in [2.05, 4.69) is 52.0 Å². The van der Waals surface area contributed by atoms with E-state index in [1.807, 2.05) is 0 Å². The normalized spacial score (nSPS) is 12.9. The fourth-order valence-electron chi connectivity index (χ4n) is 1.42. The zero-order chi connectivity index (χ0) is 13.8. The number of carbonyl (C=O) groups is 1. The molecular formula is C12H18BrN3O2. The Balaban J connectivity index is 2.82. The number of aromatic nitrogens is 2. The molecule has 1 aromatic heterocycles. The first kappa shape index (κ1) is 14.9. The largest absolute Gasteiger partial charge is 0.469 e. The lowest BCUT2D eigenvalue weighted by Gasteiger charge is -2.31. The molecule has 5 nitrogen and oxygen atoms in total. The van der Waals surface area contributed by atoms with Crippen LogP contribution in [0.15, 0.2) is 17.0 Å². The summed E-state index contributed by atoms with van der Waals surface area (Å²) >= 11 is 3.21. The zero-order valence-corrected chi connectivity index (χ0v) is 12.6. The van der Waals surface area contributed by atoms with Gasteiger partial charge in [0.25, 0.3) is 0 Å². The van der Waals surface area contributed by atoms with Crippen molar-refractivity contribution in [3.05, 3.63) is 17.0 Å². The van der Waals surface area contributed by atoms with Crippen molar-refractivity contribution in [3.63, 3.8) is 0 Å². The summed E-state index contributed by atoms with van der Waals surface area (Å²) in [5.74, 6) is 0.441. The SMILES string of the molecule is COC(=O)C[C@@H](Nc1ccnc(Br)n1)C(C)(C)C. The summed E-state index contributed by atoms with van der Waals surface area (Å²) in [5.41, 5.74) is -0.0917. The molecule has 0 aromatic carbocycles. The number of ether oxygens (including phenoxy) is 1. The van der Waals surface area contributed by atoms with Crippen molar-refractivity contribution >= 4 is 27.7 Å². The van der Waals surface area contributed by atoms with Crippen LogP contribution in [-0.4, -0.2) is 29.1 Å². The van der Waals surface area contributed by atoms with Gasteiger partial charge in [0.1, 0.15) is 5.82 Å². The lowest BCUT2D eigenvalue weighted by molar-refractivity contribution is -0.141.